The predicted octanol–water partition coefficient (Wildman–Crippen LogP) is 23.4. The number of allylic oxidation sites excluding steroid dienone is 4. The average Bonchev–Trinajstić information content (AvgIpc) is 1.69. The van der Waals surface area contributed by atoms with Crippen molar-refractivity contribution in [2.75, 3.05) is 0 Å². The van der Waals surface area contributed by atoms with Crippen molar-refractivity contribution in [2.45, 2.75) is 45.3 Å². The van der Waals surface area contributed by atoms with Crippen LogP contribution in [0.25, 0.3) is 129 Å². The molecule has 87 heavy (non-hydrogen) atoms. The molecule has 0 amide bonds. The molecule has 4 nitrogen and oxygen atoms in total. The fourth-order valence-electron chi connectivity index (χ4n) is 12.4. The lowest BCUT2D eigenvalue weighted by Crippen LogP contribution is -2.34. The quantitative estimate of drug-likeness (QED) is 0.123. The van der Waals surface area contributed by atoms with E-state index >= 15 is 0 Å². The number of rotatable bonds is 6. The summed E-state index contributed by atoms with van der Waals surface area (Å²) in [6.45, 7) is 6.27. The number of halogens is 3. The summed E-state index contributed by atoms with van der Waals surface area (Å²) in [5, 5.41) is 10.3. The van der Waals surface area contributed by atoms with Crippen LogP contribution >= 0.6 is 77.1 Å². The van der Waals surface area contributed by atoms with Gasteiger partial charge >= 0.3 is 7.12 Å². The number of para-hydroxylation sites is 2. The third-order valence-corrected chi connectivity index (χ3v) is 22.8. The zero-order chi connectivity index (χ0) is 58.9. The van der Waals surface area contributed by atoms with Gasteiger partial charge in [-0.05, 0) is 186 Å². The lowest BCUT2D eigenvalue weighted by atomic mass is 9.79. The number of aromatic nitrogens is 2. The zero-order valence-electron chi connectivity index (χ0n) is 48.0. The normalized spacial score (nSPS) is 14.9. The van der Waals surface area contributed by atoms with E-state index in [9.17, 15) is 0 Å². The fraction of sp³-hybridized carbons (Fsp3) is 0.0909. The van der Waals surface area contributed by atoms with Crippen LogP contribution in [-0.4, -0.2) is 28.0 Å². The Balaban J connectivity index is 0.000000130. The summed E-state index contributed by atoms with van der Waals surface area (Å²) in [6, 6.07) is 88.1. The van der Waals surface area contributed by atoms with E-state index in [0.717, 1.165) is 21.1 Å². The summed E-state index contributed by atoms with van der Waals surface area (Å²) in [5.74, 6) is 0. The van der Waals surface area contributed by atoms with Gasteiger partial charge in [0.15, 0.2) is 0 Å². The van der Waals surface area contributed by atoms with Crippen LogP contribution in [0.15, 0.2) is 267 Å². The molecule has 1 fully saturated rings. The maximum Gasteiger partial charge on any atom is 0.494 e. The van der Waals surface area contributed by atoms with Gasteiger partial charge in [-0.15, -0.1) is 22.7 Å². The predicted molar refractivity (Wildman–Crippen MR) is 391 cm³/mol. The number of fused-ring (bicyclic) bond motifs is 12. The Hall–Kier alpha value is -7.39. The minimum atomic E-state index is -0.376. The molecule has 11 aromatic carbocycles. The van der Waals surface area contributed by atoms with Crippen molar-refractivity contribution in [1.29, 1.82) is 0 Å². The highest BCUT2D eigenvalue weighted by Gasteiger charge is 2.44. The molecule has 0 spiro atoms. The number of hydrogen-bond donors (Lipinski definition) is 0. The Morgan fingerprint density at radius 1 is 0.460 bits per heavy atom. The van der Waals surface area contributed by atoms with E-state index < -0.39 is 0 Å². The van der Waals surface area contributed by atoms with Crippen LogP contribution in [0.4, 0.5) is 0 Å². The van der Waals surface area contributed by atoms with Crippen LogP contribution in [0.1, 0.15) is 33.6 Å². The van der Waals surface area contributed by atoms with Gasteiger partial charge in [0, 0.05) is 85.8 Å². The molecule has 1 atom stereocenters. The van der Waals surface area contributed by atoms with Gasteiger partial charge < -0.3 is 18.4 Å². The number of thiophene rings is 2. The van der Waals surface area contributed by atoms with Crippen molar-refractivity contribution in [3.63, 3.8) is 0 Å². The Morgan fingerprint density at radius 3 is 1.39 bits per heavy atom. The Kier molecular flexibility index (Phi) is 15.0. The van der Waals surface area contributed by atoms with Gasteiger partial charge in [0.25, 0.3) is 0 Å². The van der Waals surface area contributed by atoms with Gasteiger partial charge in [-0.3, -0.25) is 0 Å². The molecule has 1 saturated heterocycles. The van der Waals surface area contributed by atoms with E-state index in [0.29, 0.717) is 0 Å². The molecular weight excluding hydrogens is 1350 g/mol. The first-order chi connectivity index (χ1) is 42.5. The summed E-state index contributed by atoms with van der Waals surface area (Å²) in [5.41, 5.74) is 15.1. The van der Waals surface area contributed by atoms with Crippen molar-refractivity contribution in [3.8, 4) is 44.8 Å². The first kappa shape index (κ1) is 56.1. The lowest BCUT2D eigenvalue weighted by molar-refractivity contribution is 0.0842. The van der Waals surface area contributed by atoms with Crippen LogP contribution in [0.5, 0.6) is 0 Å². The first-order valence-electron chi connectivity index (χ1n) is 29.4. The smallest absolute Gasteiger partial charge is 0.402 e. The number of nitrogens with zero attached hydrogens (tertiary/aromatic N) is 2. The Bertz CT molecular complexity index is 5240. The van der Waals surface area contributed by atoms with E-state index in [-0.39, 0.29) is 18.8 Å². The molecule has 17 rings (SSSR count). The molecule has 0 saturated carbocycles. The molecule has 1 aliphatic carbocycles. The van der Waals surface area contributed by atoms with E-state index in [4.69, 9.17) is 9.31 Å². The second-order valence-corrected chi connectivity index (χ2v) is 28.1. The maximum atomic E-state index is 6.32. The van der Waals surface area contributed by atoms with Crippen LogP contribution in [0.2, 0.25) is 0 Å². The molecule has 1 aliphatic heterocycles. The molecule has 0 radical (unpaired) electrons. The van der Waals surface area contributed by atoms with Crippen molar-refractivity contribution in [3.05, 3.63) is 267 Å². The number of benzene rings is 11. The highest BCUT2D eigenvalue weighted by atomic mass is 127. The molecule has 2 aliphatic rings. The van der Waals surface area contributed by atoms with Crippen LogP contribution in [0, 0.1) is 0 Å². The van der Waals surface area contributed by atoms with Gasteiger partial charge in [0.05, 0.1) is 33.8 Å². The molecule has 10 heteroatoms. The van der Waals surface area contributed by atoms with Crippen molar-refractivity contribution < 1.29 is 9.31 Å². The third kappa shape index (κ3) is 10.5. The molecule has 5 heterocycles. The van der Waals surface area contributed by atoms with E-state index in [1.807, 2.05) is 22.7 Å². The SMILES string of the molecule is BrC1=C(I)C=CCC1.Brc1ccccc1-c1ccc2c3ccc(-c4ccc5sc6ccccc6c5c4)cc3n(-c3ccccc3)c2c1.CC1OB(c2ccc3c4ccc(-c5ccc6sc7ccccc7c6c5)cc4n(-c4ccccc4)c3c2)OC1(C)C. The van der Waals surface area contributed by atoms with Crippen molar-refractivity contribution in [2.24, 2.45) is 0 Å². The standard InChI is InChI=1S/C36H22BrNS.C35H28BNO2S.C6H6BrI/c37-32-12-6-4-10-27(32)25-15-18-29-28-17-14-24(21-33(28)38(34(29)22-25)26-8-2-1-3-9-26)23-16-19-36-31(20-23)30-11-5-7-13-35(30)39-36;1-22-35(2,3)39-36(38-22)25-15-17-28-27-16-13-24(20-31(27)37(32(28)21-25)26-9-5-4-6-10-26)23-14-18-34-30(19-23)29-11-7-8-12-33(29)40-34;7-5-3-1-2-4-6(5)8/h1-22H;4-22H,1-3H3;2,4H,1,3H2. The van der Waals surface area contributed by atoms with Crippen molar-refractivity contribution >= 4 is 174 Å². The zero-order valence-corrected chi connectivity index (χ0v) is 54.9. The summed E-state index contributed by atoms with van der Waals surface area (Å²) < 4.78 is 26.5. The second kappa shape index (κ2) is 23.3. The summed E-state index contributed by atoms with van der Waals surface area (Å²) in [7, 11) is -0.376. The summed E-state index contributed by atoms with van der Waals surface area (Å²) in [4.78, 5) is 0. The minimum absolute atomic E-state index is 0.0217. The second-order valence-electron chi connectivity index (χ2n) is 22.9. The molecular formula is C77H56BBr2IN2O2S2. The third-order valence-electron chi connectivity index (χ3n) is 17.2. The van der Waals surface area contributed by atoms with Crippen LogP contribution in [0.3, 0.4) is 0 Å². The summed E-state index contributed by atoms with van der Waals surface area (Å²) >= 11 is 13.3. The lowest BCUT2D eigenvalue weighted by Gasteiger charge is -2.21. The van der Waals surface area contributed by atoms with Gasteiger partial charge in [0.2, 0.25) is 0 Å². The largest absolute Gasteiger partial charge is 0.494 e. The van der Waals surface area contributed by atoms with E-state index in [2.05, 4.69) is 339 Å². The molecule has 15 aromatic rings. The van der Waals surface area contributed by atoms with E-state index in [1.54, 1.807) is 0 Å². The fourth-order valence-corrected chi connectivity index (χ4v) is 16.0. The first-order valence-corrected chi connectivity index (χ1v) is 33.7. The Labute approximate surface area is 544 Å². The number of hydrogen-bond acceptors (Lipinski definition) is 4. The molecule has 0 bridgehead atoms. The maximum absolute atomic E-state index is 6.32. The molecule has 0 N–H and O–H groups in total. The van der Waals surface area contributed by atoms with Crippen molar-refractivity contribution in [1.82, 2.24) is 9.13 Å². The van der Waals surface area contributed by atoms with Crippen LogP contribution in [-0.2, 0) is 9.31 Å². The Morgan fingerprint density at radius 2 is 0.897 bits per heavy atom. The molecule has 422 valence electrons. The molecule has 1 unspecified atom stereocenters. The average molecular weight is 1400 g/mol. The minimum Gasteiger partial charge on any atom is -0.402 e. The van der Waals surface area contributed by atoms with Gasteiger partial charge in [-0.1, -0.05) is 196 Å². The van der Waals surface area contributed by atoms with Gasteiger partial charge in [-0.2, -0.15) is 0 Å². The summed E-state index contributed by atoms with van der Waals surface area (Å²) in [6.07, 6.45) is 6.73. The van der Waals surface area contributed by atoms with Crippen LogP contribution < -0.4 is 5.46 Å². The van der Waals surface area contributed by atoms with Gasteiger partial charge in [0.1, 0.15) is 0 Å². The molecule has 4 aromatic heterocycles. The highest BCUT2D eigenvalue weighted by Crippen LogP contribution is 2.43. The van der Waals surface area contributed by atoms with Gasteiger partial charge in [-0.25, -0.2) is 0 Å². The monoisotopic (exact) mass is 1400 g/mol. The van der Waals surface area contributed by atoms with E-state index in [1.165, 1.54) is 138 Å². The topological polar surface area (TPSA) is 28.3 Å². The highest BCUT2D eigenvalue weighted by molar-refractivity contribution is 14.1.